The van der Waals surface area contributed by atoms with Crippen LogP contribution >= 0.6 is 0 Å². The van der Waals surface area contributed by atoms with Gasteiger partial charge in [-0.05, 0) is 12.8 Å². The van der Waals surface area contributed by atoms with Crippen molar-refractivity contribution in [3.05, 3.63) is 42.2 Å². The number of nitrogens with one attached hydrogen (secondary N) is 2. The molecule has 0 saturated carbocycles. The second kappa shape index (κ2) is 7.75. The number of rotatable bonds is 6. The van der Waals surface area contributed by atoms with E-state index >= 15 is 0 Å². The predicted octanol–water partition coefficient (Wildman–Crippen LogP) is 1.72. The summed E-state index contributed by atoms with van der Waals surface area (Å²) in [6, 6.07) is 11.9. The Hall–Kier alpha value is -2.65. The average Bonchev–Trinajstić information content (AvgIpc) is 3.28. The third-order valence-electron chi connectivity index (χ3n) is 4.25. The molecule has 1 amide bonds. The fraction of sp³-hybridized carbons (Fsp3) is 0.389. The molecule has 124 valence electrons. The van der Waals surface area contributed by atoms with Crippen molar-refractivity contribution in [2.45, 2.75) is 25.3 Å². The maximum Gasteiger partial charge on any atom is 0.237 e. The fourth-order valence-electron chi connectivity index (χ4n) is 2.95. The Morgan fingerprint density at radius 1 is 1.42 bits per heavy atom. The SMILES string of the molecule is N#C[C@@H]1CCCN1C(=O)CNCCc1cnc(-c2ccccc2)[nH]1. The number of aromatic amines is 1. The van der Waals surface area contributed by atoms with Crippen LogP contribution in [0.2, 0.25) is 0 Å². The van der Waals surface area contributed by atoms with E-state index in [0.29, 0.717) is 13.1 Å². The molecule has 3 rings (SSSR count). The number of imidazole rings is 1. The summed E-state index contributed by atoms with van der Waals surface area (Å²) in [4.78, 5) is 21.5. The molecule has 1 aliphatic heterocycles. The number of amides is 1. The first-order chi connectivity index (χ1) is 11.8. The van der Waals surface area contributed by atoms with Crippen molar-refractivity contribution in [1.82, 2.24) is 20.2 Å². The van der Waals surface area contributed by atoms with Crippen molar-refractivity contribution >= 4 is 5.91 Å². The highest BCUT2D eigenvalue weighted by atomic mass is 16.2. The molecule has 1 fully saturated rings. The molecule has 2 N–H and O–H groups in total. The lowest BCUT2D eigenvalue weighted by Crippen LogP contribution is -2.41. The molecule has 1 atom stereocenters. The first-order valence-electron chi connectivity index (χ1n) is 8.27. The summed E-state index contributed by atoms with van der Waals surface area (Å²) in [5, 5.41) is 12.2. The van der Waals surface area contributed by atoms with E-state index in [1.165, 1.54) is 0 Å². The fourth-order valence-corrected chi connectivity index (χ4v) is 2.95. The average molecular weight is 323 g/mol. The van der Waals surface area contributed by atoms with Gasteiger partial charge in [-0.15, -0.1) is 0 Å². The molecule has 6 nitrogen and oxygen atoms in total. The van der Waals surface area contributed by atoms with Crippen LogP contribution in [0.3, 0.4) is 0 Å². The van der Waals surface area contributed by atoms with Gasteiger partial charge >= 0.3 is 0 Å². The van der Waals surface area contributed by atoms with Crippen LogP contribution in [0.25, 0.3) is 11.4 Å². The lowest BCUT2D eigenvalue weighted by atomic mass is 10.2. The molecule has 2 heterocycles. The topological polar surface area (TPSA) is 84.8 Å². The molecule has 0 bridgehead atoms. The maximum absolute atomic E-state index is 12.1. The van der Waals surface area contributed by atoms with Crippen LogP contribution in [0, 0.1) is 11.3 Å². The molecule has 1 aliphatic rings. The van der Waals surface area contributed by atoms with Gasteiger partial charge in [0.05, 0.1) is 12.6 Å². The van der Waals surface area contributed by atoms with Crippen LogP contribution in [0.15, 0.2) is 36.5 Å². The van der Waals surface area contributed by atoms with Crippen LogP contribution < -0.4 is 5.32 Å². The molecule has 1 aromatic carbocycles. The Labute approximate surface area is 141 Å². The van der Waals surface area contributed by atoms with Gasteiger partial charge in [0.15, 0.2) is 0 Å². The van der Waals surface area contributed by atoms with Crippen molar-refractivity contribution in [2.75, 3.05) is 19.6 Å². The number of likely N-dealkylation sites (tertiary alicyclic amines) is 1. The van der Waals surface area contributed by atoms with E-state index in [9.17, 15) is 4.79 Å². The molecule has 1 aromatic heterocycles. The third-order valence-corrected chi connectivity index (χ3v) is 4.25. The molecule has 0 radical (unpaired) electrons. The molecule has 24 heavy (non-hydrogen) atoms. The van der Waals surface area contributed by atoms with Crippen molar-refractivity contribution in [3.8, 4) is 17.5 Å². The zero-order chi connectivity index (χ0) is 16.8. The Kier molecular flexibility index (Phi) is 5.24. The minimum Gasteiger partial charge on any atom is -0.342 e. The summed E-state index contributed by atoms with van der Waals surface area (Å²) in [5.41, 5.74) is 2.09. The zero-order valence-electron chi connectivity index (χ0n) is 13.5. The summed E-state index contributed by atoms with van der Waals surface area (Å²) in [7, 11) is 0. The van der Waals surface area contributed by atoms with E-state index in [0.717, 1.165) is 36.3 Å². The van der Waals surface area contributed by atoms with Crippen molar-refractivity contribution < 1.29 is 4.79 Å². The lowest BCUT2D eigenvalue weighted by molar-refractivity contribution is -0.130. The van der Waals surface area contributed by atoms with E-state index in [4.69, 9.17) is 5.26 Å². The third kappa shape index (κ3) is 3.81. The van der Waals surface area contributed by atoms with Crippen molar-refractivity contribution in [3.63, 3.8) is 0 Å². The van der Waals surface area contributed by atoms with Gasteiger partial charge in [-0.2, -0.15) is 5.26 Å². The number of H-pyrrole nitrogens is 1. The van der Waals surface area contributed by atoms with Crippen molar-refractivity contribution in [1.29, 1.82) is 5.26 Å². The van der Waals surface area contributed by atoms with E-state index in [1.54, 1.807) is 4.90 Å². The standard InChI is InChI=1S/C18H21N5O/c19-11-16-7-4-10-23(16)17(24)13-20-9-8-15-12-21-18(22-15)14-5-2-1-3-6-14/h1-3,5-6,12,16,20H,4,7-10,13H2,(H,21,22)/t16-/m0/s1. The second-order valence-electron chi connectivity index (χ2n) is 5.92. The van der Waals surface area contributed by atoms with E-state index in [2.05, 4.69) is 21.4 Å². The Bertz CT molecular complexity index is 719. The highest BCUT2D eigenvalue weighted by Gasteiger charge is 2.27. The molecule has 2 aromatic rings. The van der Waals surface area contributed by atoms with Crippen LogP contribution in [-0.4, -0.2) is 46.5 Å². The highest BCUT2D eigenvalue weighted by molar-refractivity contribution is 5.79. The number of nitrogens with zero attached hydrogens (tertiary/aromatic N) is 3. The Morgan fingerprint density at radius 2 is 2.25 bits per heavy atom. The zero-order valence-corrected chi connectivity index (χ0v) is 13.5. The van der Waals surface area contributed by atoms with E-state index < -0.39 is 0 Å². The van der Waals surface area contributed by atoms with Crippen LogP contribution in [0.1, 0.15) is 18.5 Å². The highest BCUT2D eigenvalue weighted by Crippen LogP contribution is 2.16. The lowest BCUT2D eigenvalue weighted by Gasteiger charge is -2.19. The Morgan fingerprint density at radius 3 is 3.04 bits per heavy atom. The van der Waals surface area contributed by atoms with Gasteiger partial charge < -0.3 is 15.2 Å². The number of hydrogen-bond donors (Lipinski definition) is 2. The van der Waals surface area contributed by atoms with Crippen LogP contribution in [-0.2, 0) is 11.2 Å². The minimum atomic E-state index is -0.250. The van der Waals surface area contributed by atoms with Gasteiger partial charge in [-0.3, -0.25) is 4.79 Å². The Balaban J connectivity index is 1.43. The van der Waals surface area contributed by atoms with Crippen LogP contribution in [0.5, 0.6) is 0 Å². The summed E-state index contributed by atoms with van der Waals surface area (Å²) in [5.74, 6) is 0.865. The molecule has 0 unspecified atom stereocenters. The summed E-state index contributed by atoms with van der Waals surface area (Å²) < 4.78 is 0. The predicted molar refractivity (Wildman–Crippen MR) is 90.9 cm³/mol. The number of carbonyl (C=O) groups is 1. The minimum absolute atomic E-state index is 0.00800. The molecular formula is C18H21N5O. The van der Waals surface area contributed by atoms with Gasteiger partial charge in [0.2, 0.25) is 5.91 Å². The molecular weight excluding hydrogens is 302 g/mol. The molecule has 1 saturated heterocycles. The monoisotopic (exact) mass is 323 g/mol. The number of nitriles is 1. The number of aromatic nitrogens is 2. The van der Waals surface area contributed by atoms with Crippen molar-refractivity contribution in [2.24, 2.45) is 0 Å². The first-order valence-corrected chi connectivity index (χ1v) is 8.27. The van der Waals surface area contributed by atoms with Gasteiger partial charge in [0.25, 0.3) is 0 Å². The second-order valence-corrected chi connectivity index (χ2v) is 5.92. The summed E-state index contributed by atoms with van der Waals surface area (Å²) in [6.45, 7) is 1.66. The molecule has 6 heteroatoms. The van der Waals surface area contributed by atoms with Gasteiger partial charge in [-0.1, -0.05) is 30.3 Å². The molecule has 0 spiro atoms. The largest absolute Gasteiger partial charge is 0.342 e. The maximum atomic E-state index is 12.1. The van der Waals surface area contributed by atoms with Gasteiger partial charge in [0.1, 0.15) is 11.9 Å². The smallest absolute Gasteiger partial charge is 0.237 e. The first kappa shape index (κ1) is 16.2. The van der Waals surface area contributed by atoms with E-state index in [1.807, 2.05) is 36.5 Å². The van der Waals surface area contributed by atoms with Crippen LogP contribution in [0.4, 0.5) is 0 Å². The van der Waals surface area contributed by atoms with Gasteiger partial charge in [-0.25, -0.2) is 4.98 Å². The number of carbonyl (C=O) groups excluding carboxylic acids is 1. The number of hydrogen-bond acceptors (Lipinski definition) is 4. The molecule has 0 aliphatic carbocycles. The quantitative estimate of drug-likeness (QED) is 0.793. The van der Waals surface area contributed by atoms with E-state index in [-0.39, 0.29) is 18.5 Å². The normalized spacial score (nSPS) is 17.0. The number of benzene rings is 1. The van der Waals surface area contributed by atoms with Gasteiger partial charge in [0, 0.05) is 37.0 Å². The summed E-state index contributed by atoms with van der Waals surface area (Å²) in [6.07, 6.45) is 4.31. The summed E-state index contributed by atoms with van der Waals surface area (Å²) >= 11 is 0.